The summed E-state index contributed by atoms with van der Waals surface area (Å²) in [5, 5.41) is 12.3. The number of aliphatic hydroxyl groups excluding tert-OH is 1. The molecule has 2 saturated heterocycles. The number of hydrogen-bond acceptors (Lipinski definition) is 3. The van der Waals surface area contributed by atoms with Crippen molar-refractivity contribution in [1.82, 2.24) is 10.2 Å². The van der Waals surface area contributed by atoms with Gasteiger partial charge in [0.1, 0.15) is 0 Å². The standard InChI is InChI=1S/C17H30N2O3/c20-11-8-13-3-1-4-15(13)18-17(21)19-9-6-14(7-10-19)16-5-2-12-22-16/h13-16,20H,1-12H2,(H,18,21). The van der Waals surface area contributed by atoms with Gasteiger partial charge in [-0.15, -0.1) is 0 Å². The van der Waals surface area contributed by atoms with Crippen molar-refractivity contribution in [2.75, 3.05) is 26.3 Å². The lowest BCUT2D eigenvalue weighted by Crippen LogP contribution is -2.49. The van der Waals surface area contributed by atoms with Crippen LogP contribution in [0.3, 0.4) is 0 Å². The third-order valence-electron chi connectivity index (χ3n) is 5.79. The molecule has 2 amide bonds. The predicted molar refractivity (Wildman–Crippen MR) is 84.6 cm³/mol. The number of urea groups is 1. The van der Waals surface area contributed by atoms with Gasteiger partial charge in [0, 0.05) is 32.3 Å². The lowest BCUT2D eigenvalue weighted by atomic mass is 9.90. The van der Waals surface area contributed by atoms with Crippen LogP contribution in [0.4, 0.5) is 4.79 Å². The summed E-state index contributed by atoms with van der Waals surface area (Å²) < 4.78 is 5.79. The second kappa shape index (κ2) is 7.64. The predicted octanol–water partition coefficient (Wildman–Crippen LogP) is 2.14. The minimum absolute atomic E-state index is 0.0978. The maximum atomic E-state index is 12.5. The zero-order valence-corrected chi connectivity index (χ0v) is 13.5. The van der Waals surface area contributed by atoms with E-state index in [-0.39, 0.29) is 18.7 Å². The van der Waals surface area contributed by atoms with Crippen molar-refractivity contribution in [1.29, 1.82) is 0 Å². The van der Waals surface area contributed by atoms with Gasteiger partial charge in [-0.2, -0.15) is 0 Å². The lowest BCUT2D eigenvalue weighted by molar-refractivity contribution is 0.0369. The van der Waals surface area contributed by atoms with Gasteiger partial charge >= 0.3 is 6.03 Å². The van der Waals surface area contributed by atoms with Crippen molar-refractivity contribution in [2.24, 2.45) is 11.8 Å². The second-order valence-electron chi connectivity index (χ2n) is 7.14. The van der Waals surface area contributed by atoms with Crippen LogP contribution in [0.1, 0.15) is 51.4 Å². The Bertz CT molecular complexity index is 363. The third kappa shape index (κ3) is 3.74. The van der Waals surface area contributed by atoms with Crippen LogP contribution in [0.15, 0.2) is 0 Å². The number of rotatable bonds is 4. The Balaban J connectivity index is 1.43. The van der Waals surface area contributed by atoms with E-state index in [4.69, 9.17) is 9.84 Å². The van der Waals surface area contributed by atoms with Crippen molar-refractivity contribution in [3.63, 3.8) is 0 Å². The molecule has 2 heterocycles. The molecule has 3 fully saturated rings. The lowest BCUT2D eigenvalue weighted by Gasteiger charge is -2.35. The highest BCUT2D eigenvalue weighted by molar-refractivity contribution is 5.74. The van der Waals surface area contributed by atoms with Crippen LogP contribution in [-0.4, -0.2) is 54.5 Å². The summed E-state index contributed by atoms with van der Waals surface area (Å²) >= 11 is 0. The number of carbonyl (C=O) groups excluding carboxylic acids is 1. The van der Waals surface area contributed by atoms with E-state index in [1.807, 2.05) is 4.90 Å². The molecule has 3 atom stereocenters. The molecular weight excluding hydrogens is 280 g/mol. The van der Waals surface area contributed by atoms with Crippen LogP contribution >= 0.6 is 0 Å². The fraction of sp³-hybridized carbons (Fsp3) is 0.941. The number of likely N-dealkylation sites (tertiary alicyclic amines) is 1. The molecule has 22 heavy (non-hydrogen) atoms. The molecule has 1 aliphatic carbocycles. The molecule has 2 aliphatic heterocycles. The molecule has 0 spiro atoms. The first-order valence-corrected chi connectivity index (χ1v) is 9.06. The van der Waals surface area contributed by atoms with Gasteiger partial charge in [-0.05, 0) is 56.8 Å². The number of nitrogens with one attached hydrogen (secondary N) is 1. The summed E-state index contributed by atoms with van der Waals surface area (Å²) in [5.41, 5.74) is 0. The van der Waals surface area contributed by atoms with Gasteiger partial charge in [0.05, 0.1) is 6.10 Å². The molecule has 5 heteroatoms. The summed E-state index contributed by atoms with van der Waals surface area (Å²) in [4.78, 5) is 14.4. The molecule has 0 bridgehead atoms. The van der Waals surface area contributed by atoms with Gasteiger partial charge in [-0.1, -0.05) is 6.42 Å². The number of carbonyl (C=O) groups is 1. The first kappa shape index (κ1) is 16.1. The van der Waals surface area contributed by atoms with Crippen LogP contribution in [0, 0.1) is 11.8 Å². The Morgan fingerprint density at radius 3 is 2.64 bits per heavy atom. The van der Waals surface area contributed by atoms with Crippen LogP contribution in [0.25, 0.3) is 0 Å². The minimum Gasteiger partial charge on any atom is -0.396 e. The number of aliphatic hydroxyl groups is 1. The molecule has 0 aromatic carbocycles. The van der Waals surface area contributed by atoms with Crippen LogP contribution in [-0.2, 0) is 4.74 Å². The van der Waals surface area contributed by atoms with Gasteiger partial charge in [0.2, 0.25) is 0 Å². The van der Waals surface area contributed by atoms with Crippen molar-refractivity contribution in [3.8, 4) is 0 Å². The number of ether oxygens (including phenoxy) is 1. The van der Waals surface area contributed by atoms with Crippen molar-refractivity contribution < 1.29 is 14.6 Å². The summed E-state index contributed by atoms with van der Waals surface area (Å²) in [6.45, 7) is 2.85. The first-order valence-electron chi connectivity index (χ1n) is 9.06. The molecule has 3 aliphatic rings. The zero-order valence-electron chi connectivity index (χ0n) is 13.5. The van der Waals surface area contributed by atoms with Crippen molar-refractivity contribution >= 4 is 6.03 Å². The quantitative estimate of drug-likeness (QED) is 0.836. The molecular formula is C17H30N2O3. The largest absolute Gasteiger partial charge is 0.396 e. The Kier molecular flexibility index (Phi) is 5.58. The summed E-state index contributed by atoms with van der Waals surface area (Å²) in [6.07, 6.45) is 9.14. The molecule has 5 nitrogen and oxygen atoms in total. The smallest absolute Gasteiger partial charge is 0.317 e. The van der Waals surface area contributed by atoms with Crippen LogP contribution in [0.2, 0.25) is 0 Å². The van der Waals surface area contributed by atoms with E-state index in [1.165, 1.54) is 12.8 Å². The Morgan fingerprint density at radius 2 is 1.95 bits per heavy atom. The highest BCUT2D eigenvalue weighted by Gasteiger charge is 2.33. The van der Waals surface area contributed by atoms with Crippen LogP contribution in [0.5, 0.6) is 0 Å². The van der Waals surface area contributed by atoms with E-state index >= 15 is 0 Å². The molecule has 0 radical (unpaired) electrons. The van der Waals surface area contributed by atoms with E-state index in [0.29, 0.717) is 17.9 Å². The molecule has 0 aromatic heterocycles. The Hall–Kier alpha value is -0.810. The molecule has 3 rings (SSSR count). The molecule has 2 N–H and O–H groups in total. The van der Waals surface area contributed by atoms with E-state index in [0.717, 1.165) is 58.2 Å². The van der Waals surface area contributed by atoms with Gasteiger partial charge in [0.25, 0.3) is 0 Å². The monoisotopic (exact) mass is 310 g/mol. The van der Waals surface area contributed by atoms with Crippen molar-refractivity contribution in [3.05, 3.63) is 0 Å². The zero-order chi connectivity index (χ0) is 15.4. The average molecular weight is 310 g/mol. The Labute approximate surface area is 133 Å². The normalized spacial score (nSPS) is 33.3. The highest BCUT2D eigenvalue weighted by atomic mass is 16.5. The maximum Gasteiger partial charge on any atom is 0.317 e. The molecule has 1 saturated carbocycles. The summed E-state index contributed by atoms with van der Waals surface area (Å²) in [7, 11) is 0. The van der Waals surface area contributed by atoms with Gasteiger partial charge < -0.3 is 20.1 Å². The molecule has 3 unspecified atom stereocenters. The van der Waals surface area contributed by atoms with Gasteiger partial charge in [0.15, 0.2) is 0 Å². The summed E-state index contributed by atoms with van der Waals surface area (Å²) in [6, 6.07) is 0.358. The number of hydrogen-bond donors (Lipinski definition) is 2. The third-order valence-corrected chi connectivity index (χ3v) is 5.79. The highest BCUT2D eigenvalue weighted by Crippen LogP contribution is 2.30. The number of piperidine rings is 1. The number of amides is 2. The van der Waals surface area contributed by atoms with Gasteiger partial charge in [-0.25, -0.2) is 4.79 Å². The SMILES string of the molecule is O=C(NC1CCCC1CCO)N1CCC(C2CCCO2)CC1. The van der Waals surface area contributed by atoms with E-state index in [2.05, 4.69) is 5.32 Å². The second-order valence-corrected chi connectivity index (χ2v) is 7.14. The molecule has 126 valence electrons. The van der Waals surface area contributed by atoms with E-state index < -0.39 is 0 Å². The first-order chi connectivity index (χ1) is 10.8. The fourth-order valence-electron chi connectivity index (χ4n) is 4.44. The average Bonchev–Trinajstić information content (AvgIpc) is 3.20. The summed E-state index contributed by atoms with van der Waals surface area (Å²) in [5.74, 6) is 1.10. The van der Waals surface area contributed by atoms with Crippen molar-refractivity contribution in [2.45, 2.75) is 63.5 Å². The fourth-order valence-corrected chi connectivity index (χ4v) is 4.44. The van der Waals surface area contributed by atoms with E-state index in [9.17, 15) is 4.79 Å². The molecule has 0 aromatic rings. The maximum absolute atomic E-state index is 12.5. The van der Waals surface area contributed by atoms with Crippen LogP contribution < -0.4 is 5.32 Å². The van der Waals surface area contributed by atoms with E-state index in [1.54, 1.807) is 0 Å². The Morgan fingerprint density at radius 1 is 1.14 bits per heavy atom. The number of nitrogens with zero attached hydrogens (tertiary/aromatic N) is 1. The minimum atomic E-state index is 0.0978. The topological polar surface area (TPSA) is 61.8 Å². The van der Waals surface area contributed by atoms with Gasteiger partial charge in [-0.3, -0.25) is 0 Å².